The first-order chi connectivity index (χ1) is 33.7. The SMILES string of the molecule is C(=Cc1cc(-c2ccccc2)cc(-c2c3ccccc3c(-c3c4ccccc4c(-c4cc(C=Cc5ccccc5)cc(-c5ccccc5)c4)c4ccccc34)c3ccccc23)c1)c1ccccc1. The average molecular weight is 863 g/mol. The van der Waals surface area contributed by atoms with E-state index in [0.717, 1.165) is 11.1 Å². The molecule has 0 heteroatoms. The molecule has 0 saturated heterocycles. The van der Waals surface area contributed by atoms with Crippen molar-refractivity contribution >= 4 is 67.4 Å². The Hall–Kier alpha value is -8.84. The van der Waals surface area contributed by atoms with Crippen molar-refractivity contribution in [3.8, 4) is 55.6 Å². The predicted octanol–water partition coefficient (Wildman–Crippen LogP) is 19.0. The first-order valence-corrected chi connectivity index (χ1v) is 23.5. The number of benzene rings is 12. The second kappa shape index (κ2) is 17.9. The van der Waals surface area contributed by atoms with E-state index in [1.807, 2.05) is 0 Å². The van der Waals surface area contributed by atoms with Crippen LogP contribution in [0.25, 0.3) is 123 Å². The molecule has 0 aliphatic carbocycles. The molecule has 12 aromatic rings. The van der Waals surface area contributed by atoms with E-state index in [2.05, 4.69) is 279 Å². The van der Waals surface area contributed by atoms with Crippen LogP contribution in [0.4, 0.5) is 0 Å². The number of hydrogen-bond acceptors (Lipinski definition) is 0. The highest BCUT2D eigenvalue weighted by Crippen LogP contribution is 2.50. The van der Waals surface area contributed by atoms with Gasteiger partial charge in [-0.1, -0.05) is 243 Å². The molecule has 0 nitrogen and oxygen atoms in total. The third-order valence-corrected chi connectivity index (χ3v) is 13.4. The highest BCUT2D eigenvalue weighted by molar-refractivity contribution is 6.30. The van der Waals surface area contributed by atoms with Gasteiger partial charge in [-0.15, -0.1) is 0 Å². The van der Waals surface area contributed by atoms with E-state index in [0.29, 0.717) is 0 Å². The molecular formula is C68H46. The smallest absolute Gasteiger partial charge is 0.00139 e. The maximum absolute atomic E-state index is 2.38. The van der Waals surface area contributed by atoms with Gasteiger partial charge in [0.25, 0.3) is 0 Å². The second-order valence-electron chi connectivity index (χ2n) is 17.6. The fraction of sp³-hybridized carbons (Fsp3) is 0. The molecule has 0 aromatic heterocycles. The zero-order valence-electron chi connectivity index (χ0n) is 37.6. The lowest BCUT2D eigenvalue weighted by Crippen LogP contribution is -1.95. The van der Waals surface area contributed by atoms with Gasteiger partial charge in [-0.05, 0) is 157 Å². The van der Waals surface area contributed by atoms with E-state index in [9.17, 15) is 0 Å². The maximum Gasteiger partial charge on any atom is -0.00139 e. The van der Waals surface area contributed by atoms with E-state index in [1.165, 1.54) is 110 Å². The lowest BCUT2D eigenvalue weighted by Gasteiger charge is -2.23. The molecule has 0 unspecified atom stereocenters. The second-order valence-corrected chi connectivity index (χ2v) is 17.6. The minimum absolute atomic E-state index is 1.16. The van der Waals surface area contributed by atoms with Crippen molar-refractivity contribution in [2.24, 2.45) is 0 Å². The monoisotopic (exact) mass is 862 g/mol. The van der Waals surface area contributed by atoms with Gasteiger partial charge in [0, 0.05) is 0 Å². The Morgan fingerprint density at radius 3 is 0.706 bits per heavy atom. The van der Waals surface area contributed by atoms with E-state index in [1.54, 1.807) is 0 Å². The van der Waals surface area contributed by atoms with Gasteiger partial charge in [-0.3, -0.25) is 0 Å². The van der Waals surface area contributed by atoms with Crippen LogP contribution in [0.15, 0.2) is 255 Å². The summed E-state index contributed by atoms with van der Waals surface area (Å²) in [6.45, 7) is 0. The van der Waals surface area contributed by atoms with Gasteiger partial charge >= 0.3 is 0 Å². The molecule has 0 radical (unpaired) electrons. The Morgan fingerprint density at radius 1 is 0.162 bits per heavy atom. The van der Waals surface area contributed by atoms with E-state index in [4.69, 9.17) is 0 Å². The molecule has 0 heterocycles. The van der Waals surface area contributed by atoms with Crippen LogP contribution < -0.4 is 0 Å². The fourth-order valence-electron chi connectivity index (χ4n) is 10.3. The third kappa shape index (κ3) is 7.69. The highest BCUT2D eigenvalue weighted by atomic mass is 14.3. The molecule has 12 rings (SSSR count). The number of hydrogen-bond donors (Lipinski definition) is 0. The molecule has 0 fully saturated rings. The molecule has 318 valence electrons. The Balaban J connectivity index is 1.12. The minimum Gasteiger partial charge on any atom is -0.0622 e. The molecule has 0 atom stereocenters. The Kier molecular flexibility index (Phi) is 10.7. The van der Waals surface area contributed by atoms with Crippen molar-refractivity contribution in [1.82, 2.24) is 0 Å². The largest absolute Gasteiger partial charge is 0.0622 e. The molecule has 0 saturated carbocycles. The van der Waals surface area contributed by atoms with Gasteiger partial charge in [0.05, 0.1) is 0 Å². The summed E-state index contributed by atoms with van der Waals surface area (Å²) in [7, 11) is 0. The molecule has 0 bridgehead atoms. The molecule has 0 amide bonds. The number of fused-ring (bicyclic) bond motifs is 4. The van der Waals surface area contributed by atoms with Crippen LogP contribution in [0.2, 0.25) is 0 Å². The van der Waals surface area contributed by atoms with E-state index < -0.39 is 0 Å². The van der Waals surface area contributed by atoms with Crippen LogP contribution >= 0.6 is 0 Å². The Morgan fingerprint density at radius 2 is 0.397 bits per heavy atom. The number of rotatable bonds is 9. The highest BCUT2D eigenvalue weighted by Gasteiger charge is 2.23. The first-order valence-electron chi connectivity index (χ1n) is 23.5. The minimum atomic E-state index is 1.16. The quantitative estimate of drug-likeness (QED) is 0.100. The maximum atomic E-state index is 2.38. The summed E-state index contributed by atoms with van der Waals surface area (Å²) in [6, 6.07) is 93.1. The predicted molar refractivity (Wildman–Crippen MR) is 294 cm³/mol. The van der Waals surface area contributed by atoms with Crippen molar-refractivity contribution in [2.75, 3.05) is 0 Å². The van der Waals surface area contributed by atoms with Gasteiger partial charge in [-0.2, -0.15) is 0 Å². The summed E-state index contributed by atoms with van der Waals surface area (Å²) < 4.78 is 0. The molecule has 0 N–H and O–H groups in total. The van der Waals surface area contributed by atoms with Crippen LogP contribution in [-0.4, -0.2) is 0 Å². The topological polar surface area (TPSA) is 0 Å². The lowest BCUT2D eigenvalue weighted by atomic mass is 9.80. The van der Waals surface area contributed by atoms with E-state index in [-0.39, 0.29) is 0 Å². The van der Waals surface area contributed by atoms with Gasteiger partial charge in [0.2, 0.25) is 0 Å². The molecule has 68 heavy (non-hydrogen) atoms. The van der Waals surface area contributed by atoms with Crippen molar-refractivity contribution in [3.63, 3.8) is 0 Å². The zero-order valence-corrected chi connectivity index (χ0v) is 37.6. The van der Waals surface area contributed by atoms with Crippen molar-refractivity contribution in [2.45, 2.75) is 0 Å². The lowest BCUT2D eigenvalue weighted by molar-refractivity contribution is 1.59. The standard InChI is InChI=1S/C68H46/c1-5-21-47(22-6-1)37-39-49-41-53(51-25-9-3-10-26-51)45-55(43-49)65-57-29-13-17-33-61(57)67(62-34-18-14-30-58(62)65)68-63-35-19-15-31-59(63)66(60-32-16-20-36-64(60)68)56-44-50(40-38-48-23-7-2-8-24-48)42-54(46-56)52-27-11-4-12-28-52/h1-46H. The van der Waals surface area contributed by atoms with Crippen LogP contribution in [0.1, 0.15) is 22.3 Å². The van der Waals surface area contributed by atoms with Crippen LogP contribution in [0.3, 0.4) is 0 Å². The van der Waals surface area contributed by atoms with Crippen LogP contribution in [0.5, 0.6) is 0 Å². The van der Waals surface area contributed by atoms with Crippen molar-refractivity contribution in [3.05, 3.63) is 277 Å². The summed E-state index contributed by atoms with van der Waals surface area (Å²) in [5, 5.41) is 9.84. The van der Waals surface area contributed by atoms with E-state index >= 15 is 0 Å². The molecule has 0 aliphatic rings. The Labute approximate surface area is 398 Å². The summed E-state index contributed by atoms with van der Waals surface area (Å²) in [5.41, 5.74) is 16.8. The summed E-state index contributed by atoms with van der Waals surface area (Å²) >= 11 is 0. The molecular weight excluding hydrogens is 817 g/mol. The first kappa shape index (κ1) is 40.7. The van der Waals surface area contributed by atoms with Gasteiger partial charge in [0.1, 0.15) is 0 Å². The van der Waals surface area contributed by atoms with Gasteiger partial charge in [-0.25, -0.2) is 0 Å². The molecule has 12 aromatic carbocycles. The third-order valence-electron chi connectivity index (χ3n) is 13.4. The molecule has 0 spiro atoms. The fourth-order valence-corrected chi connectivity index (χ4v) is 10.3. The summed E-state index contributed by atoms with van der Waals surface area (Å²) in [4.78, 5) is 0. The average Bonchev–Trinajstić information content (AvgIpc) is 3.41. The normalized spacial score (nSPS) is 11.7. The van der Waals surface area contributed by atoms with Crippen molar-refractivity contribution in [1.29, 1.82) is 0 Å². The zero-order chi connectivity index (χ0) is 45.2. The summed E-state index contributed by atoms with van der Waals surface area (Å²) in [6.07, 6.45) is 8.93. The van der Waals surface area contributed by atoms with Crippen molar-refractivity contribution < 1.29 is 0 Å². The Bertz CT molecular complexity index is 3490. The van der Waals surface area contributed by atoms with Crippen LogP contribution in [-0.2, 0) is 0 Å². The summed E-state index contributed by atoms with van der Waals surface area (Å²) in [5.74, 6) is 0. The molecule has 0 aliphatic heterocycles. The van der Waals surface area contributed by atoms with Gasteiger partial charge < -0.3 is 0 Å². The van der Waals surface area contributed by atoms with Crippen LogP contribution in [0, 0.1) is 0 Å². The van der Waals surface area contributed by atoms with Gasteiger partial charge in [0.15, 0.2) is 0 Å².